The van der Waals surface area contributed by atoms with Crippen molar-refractivity contribution in [2.24, 2.45) is 0 Å². The van der Waals surface area contributed by atoms with E-state index in [1.165, 1.54) is 50.0 Å². The lowest BCUT2D eigenvalue weighted by Gasteiger charge is -2.16. The number of pyridine rings is 1. The maximum Gasteiger partial charge on any atom is 0.417 e. The Morgan fingerprint density at radius 1 is 0.814 bits per heavy atom. The Hall–Kier alpha value is -5.59. The lowest BCUT2D eigenvalue weighted by molar-refractivity contribution is -0.137. The number of halogens is 4. The fourth-order valence-electron chi connectivity index (χ4n) is 4.12. The molecule has 0 atom stereocenters. The summed E-state index contributed by atoms with van der Waals surface area (Å²) >= 11 is 0. The first-order valence-corrected chi connectivity index (χ1v) is 12.7. The predicted molar refractivity (Wildman–Crippen MR) is 149 cm³/mol. The maximum absolute atomic E-state index is 15.1. The molecule has 2 aromatic carbocycles. The molecule has 5 rings (SSSR count). The van der Waals surface area contributed by atoms with E-state index in [2.05, 4.69) is 35.6 Å². The van der Waals surface area contributed by atoms with E-state index in [0.29, 0.717) is 22.4 Å². The van der Waals surface area contributed by atoms with Crippen molar-refractivity contribution >= 4 is 17.5 Å². The third-order valence-electron chi connectivity index (χ3n) is 6.15. The summed E-state index contributed by atoms with van der Waals surface area (Å²) in [5.41, 5.74) is -0.413. The van der Waals surface area contributed by atoms with Crippen LogP contribution in [0.3, 0.4) is 0 Å². The minimum atomic E-state index is -4.93. The SMILES string of the molecule is CC(=O)NCc1cnc(-c2cnc(-c3ccccc3)c(NC(=O)c3cc(-c4ncccn4)c(C(F)(F)F)cc3F)c2)nc1. The fourth-order valence-corrected chi connectivity index (χ4v) is 4.12. The maximum atomic E-state index is 15.1. The van der Waals surface area contributed by atoms with Gasteiger partial charge in [-0.2, -0.15) is 13.2 Å². The van der Waals surface area contributed by atoms with E-state index in [4.69, 9.17) is 0 Å². The second-order valence-electron chi connectivity index (χ2n) is 9.21. The van der Waals surface area contributed by atoms with Gasteiger partial charge in [0.2, 0.25) is 5.91 Å². The Kier molecular flexibility index (Phi) is 8.14. The Morgan fingerprint density at radius 3 is 2.16 bits per heavy atom. The molecule has 0 spiro atoms. The Labute approximate surface area is 242 Å². The fraction of sp³-hybridized carbons (Fsp3) is 0.100. The highest BCUT2D eigenvalue weighted by Crippen LogP contribution is 2.38. The van der Waals surface area contributed by atoms with Crippen LogP contribution < -0.4 is 10.6 Å². The molecule has 0 unspecified atom stereocenters. The first kappa shape index (κ1) is 28.9. The van der Waals surface area contributed by atoms with Crippen LogP contribution in [0.1, 0.15) is 28.4 Å². The molecular weight excluding hydrogens is 566 g/mol. The van der Waals surface area contributed by atoms with Gasteiger partial charge in [-0.1, -0.05) is 30.3 Å². The van der Waals surface area contributed by atoms with Gasteiger partial charge in [-0.25, -0.2) is 24.3 Å². The van der Waals surface area contributed by atoms with E-state index in [1.54, 1.807) is 30.3 Å². The van der Waals surface area contributed by atoms with Crippen LogP contribution in [0.2, 0.25) is 0 Å². The Morgan fingerprint density at radius 2 is 1.51 bits per heavy atom. The van der Waals surface area contributed by atoms with Crippen LogP contribution in [0.5, 0.6) is 0 Å². The van der Waals surface area contributed by atoms with Crippen molar-refractivity contribution in [3.05, 3.63) is 108 Å². The zero-order chi connectivity index (χ0) is 30.6. The van der Waals surface area contributed by atoms with Gasteiger partial charge >= 0.3 is 6.18 Å². The second-order valence-corrected chi connectivity index (χ2v) is 9.21. The van der Waals surface area contributed by atoms with Crippen molar-refractivity contribution in [3.63, 3.8) is 0 Å². The molecule has 2 N–H and O–H groups in total. The third kappa shape index (κ3) is 6.67. The second kappa shape index (κ2) is 12.1. The lowest BCUT2D eigenvalue weighted by atomic mass is 10.0. The highest BCUT2D eigenvalue weighted by Gasteiger charge is 2.36. The molecular formula is C30H21F4N7O2. The highest BCUT2D eigenvalue weighted by atomic mass is 19.4. The summed E-state index contributed by atoms with van der Waals surface area (Å²) in [7, 11) is 0. The molecule has 0 radical (unpaired) electrons. The van der Waals surface area contributed by atoms with E-state index < -0.39 is 34.6 Å². The number of aromatic nitrogens is 5. The van der Waals surface area contributed by atoms with Gasteiger partial charge in [0.05, 0.1) is 22.5 Å². The lowest BCUT2D eigenvalue weighted by Crippen LogP contribution is -2.19. The molecule has 13 heteroatoms. The summed E-state index contributed by atoms with van der Waals surface area (Å²) in [5.74, 6) is -2.69. The average molecular weight is 588 g/mol. The van der Waals surface area contributed by atoms with Crippen LogP contribution in [0.4, 0.5) is 23.2 Å². The number of alkyl halides is 3. The van der Waals surface area contributed by atoms with Crippen molar-refractivity contribution < 1.29 is 27.2 Å². The van der Waals surface area contributed by atoms with Crippen molar-refractivity contribution in [3.8, 4) is 34.0 Å². The molecule has 0 saturated carbocycles. The van der Waals surface area contributed by atoms with Gasteiger partial charge in [0, 0.05) is 66.7 Å². The molecule has 0 aliphatic rings. The monoisotopic (exact) mass is 587 g/mol. The predicted octanol–water partition coefficient (Wildman–Crippen LogP) is 5.71. The number of hydrogen-bond acceptors (Lipinski definition) is 7. The van der Waals surface area contributed by atoms with Crippen LogP contribution in [-0.2, 0) is 17.5 Å². The number of nitrogens with one attached hydrogen (secondary N) is 2. The van der Waals surface area contributed by atoms with Gasteiger partial charge in [-0.05, 0) is 24.3 Å². The molecule has 0 bridgehead atoms. The van der Waals surface area contributed by atoms with Crippen LogP contribution in [0.25, 0.3) is 34.0 Å². The van der Waals surface area contributed by atoms with E-state index in [1.807, 2.05) is 0 Å². The molecule has 0 saturated heterocycles. The van der Waals surface area contributed by atoms with Gasteiger partial charge in [0.25, 0.3) is 5.91 Å². The average Bonchev–Trinajstić information content (AvgIpc) is 3.00. The van der Waals surface area contributed by atoms with Gasteiger partial charge < -0.3 is 10.6 Å². The number of nitrogens with zero attached hydrogens (tertiary/aromatic N) is 5. The minimum absolute atomic E-state index is 0.136. The Balaban J connectivity index is 1.54. The van der Waals surface area contributed by atoms with Gasteiger partial charge in [-0.15, -0.1) is 0 Å². The minimum Gasteiger partial charge on any atom is -0.352 e. The quantitative estimate of drug-likeness (QED) is 0.234. The molecule has 5 aromatic rings. The summed E-state index contributed by atoms with van der Waals surface area (Å²) in [6.45, 7) is 1.62. The smallest absolute Gasteiger partial charge is 0.352 e. The van der Waals surface area contributed by atoms with E-state index in [0.717, 1.165) is 6.07 Å². The molecule has 216 valence electrons. The summed E-state index contributed by atoms with van der Waals surface area (Å²) < 4.78 is 56.4. The molecule has 3 aromatic heterocycles. The molecule has 0 aliphatic carbocycles. The number of carbonyl (C=O) groups is 2. The van der Waals surface area contributed by atoms with Crippen molar-refractivity contribution in [1.82, 2.24) is 30.2 Å². The topological polar surface area (TPSA) is 123 Å². The van der Waals surface area contributed by atoms with E-state index in [9.17, 15) is 22.8 Å². The number of carbonyl (C=O) groups excluding carboxylic acids is 2. The summed E-state index contributed by atoms with van der Waals surface area (Å²) in [5, 5.41) is 5.23. The number of amides is 2. The number of anilines is 1. The Bertz CT molecular complexity index is 1780. The van der Waals surface area contributed by atoms with Crippen molar-refractivity contribution in [2.45, 2.75) is 19.6 Å². The summed E-state index contributed by atoms with van der Waals surface area (Å²) in [6, 6.07) is 12.8. The molecule has 9 nitrogen and oxygen atoms in total. The molecule has 3 heterocycles. The standard InChI is InChI=1S/C30H21F4N7O2/c1-17(42)37-13-18-14-39-27(40-15-18)20-10-25(26(38-16-20)19-6-3-2-4-7-19)41-29(43)22-11-21(28-35-8-5-9-36-28)23(12-24(22)31)30(32,33)34/h2-12,14-16H,13H2,1H3,(H,37,42)(H,41,43). The zero-order valence-corrected chi connectivity index (χ0v) is 22.4. The van der Waals surface area contributed by atoms with Crippen LogP contribution >= 0.6 is 0 Å². The molecule has 0 aliphatic heterocycles. The van der Waals surface area contributed by atoms with E-state index >= 15 is 4.39 Å². The highest BCUT2D eigenvalue weighted by molar-refractivity contribution is 6.07. The van der Waals surface area contributed by atoms with Crippen LogP contribution in [0.15, 0.2) is 85.6 Å². The normalized spacial score (nSPS) is 11.2. The van der Waals surface area contributed by atoms with Crippen LogP contribution in [-0.4, -0.2) is 36.7 Å². The third-order valence-corrected chi connectivity index (χ3v) is 6.15. The van der Waals surface area contributed by atoms with Gasteiger partial charge in [0.1, 0.15) is 5.82 Å². The van der Waals surface area contributed by atoms with E-state index in [-0.39, 0.29) is 35.9 Å². The number of rotatable bonds is 7. The van der Waals surface area contributed by atoms with Gasteiger partial charge in [0.15, 0.2) is 11.6 Å². The van der Waals surface area contributed by atoms with Gasteiger partial charge in [-0.3, -0.25) is 14.6 Å². The molecule has 2 amide bonds. The molecule has 0 fully saturated rings. The van der Waals surface area contributed by atoms with Crippen molar-refractivity contribution in [2.75, 3.05) is 5.32 Å². The van der Waals surface area contributed by atoms with Crippen molar-refractivity contribution in [1.29, 1.82) is 0 Å². The summed E-state index contributed by atoms with van der Waals surface area (Å²) in [6.07, 6.45) is 2.08. The molecule has 43 heavy (non-hydrogen) atoms. The number of benzene rings is 2. The zero-order valence-electron chi connectivity index (χ0n) is 22.4. The summed E-state index contributed by atoms with van der Waals surface area (Å²) in [4.78, 5) is 45.4. The van der Waals surface area contributed by atoms with Crippen LogP contribution in [0, 0.1) is 5.82 Å². The first-order valence-electron chi connectivity index (χ1n) is 12.7. The first-order chi connectivity index (χ1) is 20.6. The number of hydrogen-bond donors (Lipinski definition) is 2. The largest absolute Gasteiger partial charge is 0.417 e.